The molecule has 16 heavy (non-hydrogen) atoms. The third kappa shape index (κ3) is 5.17. The Hall–Kier alpha value is -1.02. The lowest BCUT2D eigenvalue weighted by atomic mass is 10.1. The van der Waals surface area contributed by atoms with Crippen LogP contribution in [-0.4, -0.2) is 20.3 Å². The summed E-state index contributed by atoms with van der Waals surface area (Å²) in [5.41, 5.74) is 1.30. The Labute approximate surface area is 98.6 Å². The molecule has 2 nitrogen and oxygen atoms in total. The molecule has 2 heteroatoms. The molecular weight excluding hydrogens is 200 g/mol. The van der Waals surface area contributed by atoms with Crippen molar-refractivity contribution in [1.29, 1.82) is 0 Å². The molecule has 1 aromatic rings. The van der Waals surface area contributed by atoms with Crippen molar-refractivity contribution in [3.8, 4) is 5.75 Å². The van der Waals surface area contributed by atoms with Crippen molar-refractivity contribution in [1.82, 2.24) is 0 Å². The van der Waals surface area contributed by atoms with Crippen molar-refractivity contribution in [2.45, 2.75) is 32.6 Å². The van der Waals surface area contributed by atoms with Crippen LogP contribution >= 0.6 is 0 Å². The summed E-state index contributed by atoms with van der Waals surface area (Å²) in [6, 6.07) is 8.17. The minimum atomic E-state index is 0.816. The van der Waals surface area contributed by atoms with Crippen LogP contribution in [0.2, 0.25) is 0 Å². The highest BCUT2D eigenvalue weighted by Crippen LogP contribution is 2.11. The summed E-state index contributed by atoms with van der Waals surface area (Å²) < 4.78 is 10.7. The third-order valence-corrected chi connectivity index (χ3v) is 2.59. The van der Waals surface area contributed by atoms with Gasteiger partial charge in [-0.25, -0.2) is 0 Å². The van der Waals surface area contributed by atoms with E-state index in [1.165, 1.54) is 24.8 Å². The predicted octanol–water partition coefficient (Wildman–Crippen LogP) is 3.44. The molecule has 0 saturated heterocycles. The molecule has 0 aliphatic rings. The van der Waals surface area contributed by atoms with Gasteiger partial charge in [0, 0.05) is 6.61 Å². The van der Waals surface area contributed by atoms with Crippen molar-refractivity contribution in [3.05, 3.63) is 29.8 Å². The summed E-state index contributed by atoms with van der Waals surface area (Å²) in [6.07, 6.45) is 4.68. The maximum absolute atomic E-state index is 5.56. The summed E-state index contributed by atoms with van der Waals surface area (Å²) in [6.45, 7) is 3.91. The van der Waals surface area contributed by atoms with Gasteiger partial charge in [-0.3, -0.25) is 0 Å². The van der Waals surface area contributed by atoms with E-state index in [4.69, 9.17) is 9.47 Å². The van der Waals surface area contributed by atoms with Gasteiger partial charge in [-0.2, -0.15) is 0 Å². The number of ether oxygens (including phenoxy) is 2. The van der Waals surface area contributed by atoms with Crippen LogP contribution in [-0.2, 0) is 11.2 Å². The Kier molecular flexibility index (Phi) is 6.66. The van der Waals surface area contributed by atoms with E-state index in [1.54, 1.807) is 7.11 Å². The number of methoxy groups -OCH3 is 1. The summed E-state index contributed by atoms with van der Waals surface area (Å²) >= 11 is 0. The van der Waals surface area contributed by atoms with E-state index in [0.717, 1.165) is 25.4 Å². The quantitative estimate of drug-likeness (QED) is 0.627. The monoisotopic (exact) mass is 222 g/mol. The minimum absolute atomic E-state index is 0.816. The molecular formula is C14H22O2. The van der Waals surface area contributed by atoms with Gasteiger partial charge < -0.3 is 9.47 Å². The van der Waals surface area contributed by atoms with Gasteiger partial charge in [0.1, 0.15) is 5.75 Å². The Morgan fingerprint density at radius 1 is 1.00 bits per heavy atom. The molecule has 0 fully saturated rings. The minimum Gasteiger partial charge on any atom is -0.497 e. The fourth-order valence-electron chi connectivity index (χ4n) is 1.54. The lowest BCUT2D eigenvalue weighted by Gasteiger charge is -2.05. The molecule has 0 unspecified atom stereocenters. The molecule has 0 N–H and O–H groups in total. The van der Waals surface area contributed by atoms with E-state index in [2.05, 4.69) is 19.1 Å². The number of hydrogen-bond acceptors (Lipinski definition) is 2. The van der Waals surface area contributed by atoms with E-state index in [9.17, 15) is 0 Å². The standard InChI is InChI=1S/C14H22O2/c1-3-4-5-11-16-12-10-13-6-8-14(15-2)9-7-13/h6-9H,3-5,10-12H2,1-2H3. The molecule has 90 valence electrons. The van der Waals surface area contributed by atoms with Crippen LogP contribution in [0, 0.1) is 0 Å². The van der Waals surface area contributed by atoms with Crippen LogP contribution in [0.4, 0.5) is 0 Å². The van der Waals surface area contributed by atoms with Gasteiger partial charge in [0.05, 0.1) is 13.7 Å². The van der Waals surface area contributed by atoms with E-state index >= 15 is 0 Å². The first-order valence-electron chi connectivity index (χ1n) is 6.07. The van der Waals surface area contributed by atoms with Gasteiger partial charge in [0.25, 0.3) is 0 Å². The molecule has 0 atom stereocenters. The van der Waals surface area contributed by atoms with E-state index in [-0.39, 0.29) is 0 Å². The second-order valence-electron chi connectivity index (χ2n) is 3.92. The lowest BCUT2D eigenvalue weighted by Crippen LogP contribution is -2.00. The topological polar surface area (TPSA) is 18.5 Å². The van der Waals surface area contributed by atoms with Crippen molar-refractivity contribution in [2.24, 2.45) is 0 Å². The number of rotatable bonds is 8. The molecule has 0 amide bonds. The van der Waals surface area contributed by atoms with Crippen LogP contribution in [0.5, 0.6) is 5.75 Å². The van der Waals surface area contributed by atoms with Gasteiger partial charge >= 0.3 is 0 Å². The van der Waals surface area contributed by atoms with Crippen molar-refractivity contribution < 1.29 is 9.47 Å². The van der Waals surface area contributed by atoms with Crippen molar-refractivity contribution in [2.75, 3.05) is 20.3 Å². The van der Waals surface area contributed by atoms with E-state index in [1.807, 2.05) is 12.1 Å². The first kappa shape index (κ1) is 13.0. The van der Waals surface area contributed by atoms with Gasteiger partial charge in [-0.15, -0.1) is 0 Å². The summed E-state index contributed by atoms with van der Waals surface area (Å²) in [5.74, 6) is 0.910. The molecule has 0 aliphatic heterocycles. The summed E-state index contributed by atoms with van der Waals surface area (Å²) in [4.78, 5) is 0. The molecule has 0 aliphatic carbocycles. The fraction of sp³-hybridized carbons (Fsp3) is 0.571. The van der Waals surface area contributed by atoms with Crippen LogP contribution in [0.1, 0.15) is 31.7 Å². The smallest absolute Gasteiger partial charge is 0.118 e. The third-order valence-electron chi connectivity index (χ3n) is 2.59. The molecule has 0 saturated carbocycles. The highest BCUT2D eigenvalue weighted by Gasteiger charge is 1.95. The zero-order valence-corrected chi connectivity index (χ0v) is 10.4. The summed E-state index contributed by atoms with van der Waals surface area (Å²) in [7, 11) is 1.69. The zero-order valence-electron chi connectivity index (χ0n) is 10.4. The highest BCUT2D eigenvalue weighted by atomic mass is 16.5. The van der Waals surface area contributed by atoms with Gasteiger partial charge in [-0.05, 0) is 30.5 Å². The normalized spacial score (nSPS) is 10.4. The zero-order chi connectivity index (χ0) is 11.6. The largest absolute Gasteiger partial charge is 0.497 e. The Balaban J connectivity index is 2.12. The molecule has 1 aromatic carbocycles. The number of unbranched alkanes of at least 4 members (excludes halogenated alkanes) is 2. The maximum Gasteiger partial charge on any atom is 0.118 e. The first-order chi connectivity index (χ1) is 7.86. The Morgan fingerprint density at radius 2 is 1.75 bits per heavy atom. The van der Waals surface area contributed by atoms with E-state index < -0.39 is 0 Å². The van der Waals surface area contributed by atoms with Crippen molar-refractivity contribution in [3.63, 3.8) is 0 Å². The van der Waals surface area contributed by atoms with Gasteiger partial charge in [-0.1, -0.05) is 31.9 Å². The maximum atomic E-state index is 5.56. The molecule has 1 rings (SSSR count). The highest BCUT2D eigenvalue weighted by molar-refractivity contribution is 5.27. The molecule has 0 heterocycles. The van der Waals surface area contributed by atoms with Crippen LogP contribution in [0.3, 0.4) is 0 Å². The Bertz CT molecular complexity index is 267. The molecule has 0 spiro atoms. The molecule has 0 bridgehead atoms. The van der Waals surface area contributed by atoms with E-state index in [0.29, 0.717) is 0 Å². The number of benzene rings is 1. The average Bonchev–Trinajstić information content (AvgIpc) is 2.34. The van der Waals surface area contributed by atoms with Crippen molar-refractivity contribution >= 4 is 0 Å². The first-order valence-corrected chi connectivity index (χ1v) is 6.07. The lowest BCUT2D eigenvalue weighted by molar-refractivity contribution is 0.133. The van der Waals surface area contributed by atoms with Crippen LogP contribution in [0.25, 0.3) is 0 Å². The average molecular weight is 222 g/mol. The Morgan fingerprint density at radius 3 is 2.38 bits per heavy atom. The fourth-order valence-corrected chi connectivity index (χ4v) is 1.54. The van der Waals surface area contributed by atoms with Crippen LogP contribution < -0.4 is 4.74 Å². The second kappa shape index (κ2) is 8.17. The predicted molar refractivity (Wildman–Crippen MR) is 67.0 cm³/mol. The molecule has 0 aromatic heterocycles. The summed E-state index contributed by atoms with van der Waals surface area (Å²) in [5, 5.41) is 0. The molecule has 0 radical (unpaired) electrons. The van der Waals surface area contributed by atoms with Gasteiger partial charge in [0.2, 0.25) is 0 Å². The van der Waals surface area contributed by atoms with Gasteiger partial charge in [0.15, 0.2) is 0 Å². The SMILES string of the molecule is CCCCCOCCc1ccc(OC)cc1. The number of hydrogen-bond donors (Lipinski definition) is 0. The van der Waals surface area contributed by atoms with Crippen LogP contribution in [0.15, 0.2) is 24.3 Å². The second-order valence-corrected chi connectivity index (χ2v) is 3.92.